The van der Waals surface area contributed by atoms with E-state index in [2.05, 4.69) is 66.2 Å². The van der Waals surface area contributed by atoms with E-state index in [9.17, 15) is 4.79 Å². The van der Waals surface area contributed by atoms with Gasteiger partial charge in [-0.1, -0.05) is 50.2 Å². The number of benzene rings is 1. The highest BCUT2D eigenvalue weighted by Gasteiger charge is 2.67. The number of piperidine rings is 1. The van der Waals surface area contributed by atoms with Gasteiger partial charge in [-0.05, 0) is 61.3 Å². The lowest BCUT2D eigenvalue weighted by molar-refractivity contribution is -0.147. The maximum Gasteiger partial charge on any atom is 0.229 e. The Hall–Kier alpha value is -2.53. The van der Waals surface area contributed by atoms with Crippen molar-refractivity contribution in [3.63, 3.8) is 0 Å². The van der Waals surface area contributed by atoms with E-state index in [1.165, 1.54) is 5.56 Å². The predicted octanol–water partition coefficient (Wildman–Crippen LogP) is 3.88. The molecule has 1 saturated carbocycles. The number of nitrogens with zero attached hydrogens (tertiary/aromatic N) is 3. The van der Waals surface area contributed by atoms with Crippen LogP contribution in [0, 0.1) is 23.2 Å². The van der Waals surface area contributed by atoms with Crippen LogP contribution in [0.1, 0.15) is 44.4 Å². The molecule has 0 unspecified atom stereocenters. The second kappa shape index (κ2) is 8.11. The number of amides is 1. The number of likely N-dealkylation sites (tertiary alicyclic amines) is 1. The average Bonchev–Trinajstić information content (AvgIpc) is 2.78. The molecule has 6 rings (SSSR count). The number of nitrogens with two attached hydrogens (primary N) is 1. The van der Waals surface area contributed by atoms with Crippen molar-refractivity contribution in [2.45, 2.75) is 57.7 Å². The quantitative estimate of drug-likeness (QED) is 0.725. The van der Waals surface area contributed by atoms with Crippen molar-refractivity contribution in [3.05, 3.63) is 66.0 Å². The molecular formula is C27H34N4O. The summed E-state index contributed by atoms with van der Waals surface area (Å²) in [7, 11) is 0. The summed E-state index contributed by atoms with van der Waals surface area (Å²) in [6.07, 6.45) is 7.49. The van der Waals surface area contributed by atoms with Gasteiger partial charge in [-0.2, -0.15) is 0 Å². The molecular weight excluding hydrogens is 396 g/mol. The average molecular weight is 431 g/mol. The number of hydrogen-bond acceptors (Lipinski definition) is 4. The van der Waals surface area contributed by atoms with Crippen molar-refractivity contribution in [2.75, 3.05) is 6.54 Å². The van der Waals surface area contributed by atoms with Crippen LogP contribution in [0.4, 0.5) is 0 Å². The van der Waals surface area contributed by atoms with Gasteiger partial charge in [-0.3, -0.25) is 19.7 Å². The SMILES string of the molecule is CC(C)C[C@H]1[C@@H]2N(Cc3ccccc3)CC[C@@H]3C[C@]1(C(N)=O)C=N[C@@]32Cc1ccccn1. The van der Waals surface area contributed by atoms with E-state index in [1.807, 2.05) is 18.5 Å². The van der Waals surface area contributed by atoms with Crippen LogP contribution in [0.15, 0.2) is 59.7 Å². The molecule has 1 amide bonds. The van der Waals surface area contributed by atoms with Gasteiger partial charge < -0.3 is 5.73 Å². The van der Waals surface area contributed by atoms with Crippen LogP contribution in [0.5, 0.6) is 0 Å². The Balaban J connectivity index is 1.62. The summed E-state index contributed by atoms with van der Waals surface area (Å²) < 4.78 is 0. The van der Waals surface area contributed by atoms with E-state index < -0.39 is 5.41 Å². The van der Waals surface area contributed by atoms with Crippen LogP contribution in [0.25, 0.3) is 0 Å². The number of rotatable bonds is 7. The van der Waals surface area contributed by atoms with Crippen LogP contribution in [-0.4, -0.2) is 40.1 Å². The van der Waals surface area contributed by atoms with Crippen LogP contribution >= 0.6 is 0 Å². The Morgan fingerprint density at radius 2 is 1.97 bits per heavy atom. The summed E-state index contributed by atoms with van der Waals surface area (Å²) in [5, 5.41) is 0. The van der Waals surface area contributed by atoms with Crippen molar-refractivity contribution in [1.82, 2.24) is 9.88 Å². The third-order valence-corrected chi connectivity index (χ3v) is 8.14. The topological polar surface area (TPSA) is 71.6 Å². The monoisotopic (exact) mass is 430 g/mol. The number of carbonyl (C=O) groups excluding carboxylic acids is 1. The van der Waals surface area contributed by atoms with Gasteiger partial charge in [0.15, 0.2) is 0 Å². The highest BCUT2D eigenvalue weighted by atomic mass is 16.1. The zero-order valence-electron chi connectivity index (χ0n) is 19.2. The number of aromatic nitrogens is 1. The maximum atomic E-state index is 13.0. The van der Waals surface area contributed by atoms with Gasteiger partial charge >= 0.3 is 0 Å². The molecule has 1 saturated heterocycles. The van der Waals surface area contributed by atoms with E-state index in [0.29, 0.717) is 11.8 Å². The lowest BCUT2D eigenvalue weighted by atomic mass is 9.47. The van der Waals surface area contributed by atoms with E-state index in [-0.39, 0.29) is 23.4 Å². The molecule has 5 heteroatoms. The minimum atomic E-state index is -0.638. The molecule has 1 aromatic carbocycles. The maximum absolute atomic E-state index is 13.0. The summed E-state index contributed by atoms with van der Waals surface area (Å²) >= 11 is 0. The summed E-state index contributed by atoms with van der Waals surface area (Å²) in [4.78, 5) is 25.5. The van der Waals surface area contributed by atoms with E-state index in [4.69, 9.17) is 10.7 Å². The fraction of sp³-hybridized carbons (Fsp3) is 0.519. The fourth-order valence-corrected chi connectivity index (χ4v) is 6.83. The Bertz CT molecular complexity index is 991. The minimum absolute atomic E-state index is 0.168. The summed E-state index contributed by atoms with van der Waals surface area (Å²) in [6, 6.07) is 17.0. The number of carbonyl (C=O) groups is 1. The van der Waals surface area contributed by atoms with Gasteiger partial charge in [0.25, 0.3) is 0 Å². The highest BCUT2D eigenvalue weighted by molar-refractivity contribution is 5.99. The zero-order valence-corrected chi connectivity index (χ0v) is 19.2. The molecule has 2 N–H and O–H groups in total. The molecule has 5 nitrogen and oxygen atoms in total. The first-order valence-electron chi connectivity index (χ1n) is 12.0. The molecule has 4 heterocycles. The van der Waals surface area contributed by atoms with Gasteiger partial charge in [0.05, 0.1) is 11.0 Å². The molecule has 4 aliphatic rings. The number of primary amides is 1. The molecule has 0 radical (unpaired) electrons. The van der Waals surface area contributed by atoms with E-state index in [1.54, 1.807) is 0 Å². The van der Waals surface area contributed by atoms with Gasteiger partial charge in [0, 0.05) is 37.1 Å². The largest absolute Gasteiger partial charge is 0.369 e. The van der Waals surface area contributed by atoms with Gasteiger partial charge in [0.1, 0.15) is 0 Å². The second-order valence-corrected chi connectivity index (χ2v) is 10.5. The first-order valence-corrected chi connectivity index (χ1v) is 12.0. The van der Waals surface area contributed by atoms with Crippen molar-refractivity contribution in [2.24, 2.45) is 33.9 Å². The van der Waals surface area contributed by atoms with Gasteiger partial charge in [-0.25, -0.2) is 0 Å². The molecule has 4 bridgehead atoms. The van der Waals surface area contributed by atoms with E-state index in [0.717, 1.165) is 44.5 Å². The molecule has 1 aromatic heterocycles. The third-order valence-electron chi connectivity index (χ3n) is 8.14. The van der Waals surface area contributed by atoms with E-state index >= 15 is 0 Å². The summed E-state index contributed by atoms with van der Waals surface area (Å²) in [6.45, 7) is 6.41. The normalized spacial score (nSPS) is 33.5. The van der Waals surface area contributed by atoms with Crippen molar-refractivity contribution >= 4 is 12.1 Å². The molecule has 2 aromatic rings. The van der Waals surface area contributed by atoms with Gasteiger partial charge in [0.2, 0.25) is 5.91 Å². The molecule has 3 aliphatic heterocycles. The van der Waals surface area contributed by atoms with Crippen molar-refractivity contribution < 1.29 is 4.79 Å². The number of pyridine rings is 1. The fourth-order valence-electron chi connectivity index (χ4n) is 6.83. The van der Waals surface area contributed by atoms with Crippen LogP contribution in [-0.2, 0) is 17.8 Å². The van der Waals surface area contributed by atoms with Crippen molar-refractivity contribution in [3.8, 4) is 0 Å². The van der Waals surface area contributed by atoms with Crippen LogP contribution in [0.3, 0.4) is 0 Å². The number of hydrogen-bond donors (Lipinski definition) is 1. The Kier molecular flexibility index (Phi) is 5.40. The predicted molar refractivity (Wildman–Crippen MR) is 127 cm³/mol. The lowest BCUT2D eigenvalue weighted by Crippen LogP contribution is -2.75. The third kappa shape index (κ3) is 3.38. The Labute approximate surface area is 191 Å². The molecule has 168 valence electrons. The second-order valence-electron chi connectivity index (χ2n) is 10.5. The highest BCUT2D eigenvalue weighted by Crippen LogP contribution is 2.60. The summed E-state index contributed by atoms with van der Waals surface area (Å²) in [5.41, 5.74) is 7.64. The zero-order chi connectivity index (χ0) is 22.3. The molecule has 0 spiro atoms. The summed E-state index contributed by atoms with van der Waals surface area (Å²) in [5.74, 6) is 0.799. The minimum Gasteiger partial charge on any atom is -0.369 e. The lowest BCUT2D eigenvalue weighted by Gasteiger charge is -2.66. The molecule has 5 atom stereocenters. The standard InChI is InChI=1S/C27H34N4O/c1-19(2)14-23-24-27(16-22-10-6-7-12-29-22)21(15-26(23,18-30-27)25(28)32)11-13-31(24)17-20-8-4-3-5-9-20/h3-10,12,18-19,21,23-24H,11,13-17H2,1-2H3,(H2,28,32)/t21-,23+,24+,26+,27+/m1/s1. The first kappa shape index (κ1) is 21.3. The van der Waals surface area contributed by atoms with Crippen molar-refractivity contribution in [1.29, 1.82) is 0 Å². The first-order chi connectivity index (χ1) is 15.4. The van der Waals surface area contributed by atoms with Crippen LogP contribution < -0.4 is 5.73 Å². The van der Waals surface area contributed by atoms with Crippen LogP contribution in [0.2, 0.25) is 0 Å². The molecule has 1 aliphatic carbocycles. The van der Waals surface area contributed by atoms with Gasteiger partial charge in [-0.15, -0.1) is 0 Å². The molecule has 32 heavy (non-hydrogen) atoms. The Morgan fingerprint density at radius 1 is 1.19 bits per heavy atom. The number of aliphatic imine (C=N–C) groups is 1. The molecule has 2 fully saturated rings. The smallest absolute Gasteiger partial charge is 0.229 e. The Morgan fingerprint density at radius 3 is 2.66 bits per heavy atom.